The van der Waals surface area contributed by atoms with Crippen LogP contribution in [0.25, 0.3) is 0 Å². The van der Waals surface area contributed by atoms with Gasteiger partial charge in [0.05, 0.1) is 6.42 Å². The Bertz CT molecular complexity index is 415. The van der Waals surface area contributed by atoms with Crippen molar-refractivity contribution < 1.29 is 4.79 Å². The standard InChI is InChI=1S/C11H10N2O/c14-6-2-1-3-9-7-10-4-5-12-11(10)13-8-9/h6-8H,2,4-5H2,(H,12,13). The van der Waals surface area contributed by atoms with Gasteiger partial charge in [0, 0.05) is 18.3 Å². The highest BCUT2D eigenvalue weighted by molar-refractivity contribution is 5.56. The van der Waals surface area contributed by atoms with Crippen molar-refractivity contribution in [2.24, 2.45) is 0 Å². The van der Waals surface area contributed by atoms with E-state index in [0.717, 1.165) is 30.6 Å². The number of carbonyl (C=O) groups is 1. The van der Waals surface area contributed by atoms with E-state index in [1.165, 1.54) is 5.56 Å². The maximum absolute atomic E-state index is 10.1. The number of hydrogen-bond acceptors (Lipinski definition) is 3. The number of anilines is 1. The molecule has 70 valence electrons. The monoisotopic (exact) mass is 186 g/mol. The molecule has 3 nitrogen and oxygen atoms in total. The van der Waals surface area contributed by atoms with Gasteiger partial charge in [0.15, 0.2) is 0 Å². The molecule has 0 radical (unpaired) electrons. The van der Waals surface area contributed by atoms with Crippen molar-refractivity contribution in [2.45, 2.75) is 12.8 Å². The van der Waals surface area contributed by atoms with Gasteiger partial charge in [0.1, 0.15) is 12.1 Å². The number of aromatic nitrogens is 1. The van der Waals surface area contributed by atoms with E-state index in [1.807, 2.05) is 6.07 Å². The van der Waals surface area contributed by atoms with Crippen LogP contribution >= 0.6 is 0 Å². The van der Waals surface area contributed by atoms with E-state index in [0.29, 0.717) is 0 Å². The van der Waals surface area contributed by atoms with E-state index in [9.17, 15) is 4.79 Å². The van der Waals surface area contributed by atoms with Gasteiger partial charge >= 0.3 is 0 Å². The first-order valence-corrected chi connectivity index (χ1v) is 4.55. The lowest BCUT2D eigenvalue weighted by Gasteiger charge is -1.97. The molecule has 1 aliphatic rings. The molecule has 0 bridgehead atoms. The highest BCUT2D eigenvalue weighted by atomic mass is 16.1. The predicted octanol–water partition coefficient (Wildman–Crippen LogP) is 0.990. The third-order valence-electron chi connectivity index (χ3n) is 2.07. The lowest BCUT2D eigenvalue weighted by molar-refractivity contribution is -0.107. The molecule has 3 heteroatoms. The zero-order valence-electron chi connectivity index (χ0n) is 7.71. The van der Waals surface area contributed by atoms with Crippen molar-refractivity contribution in [3.63, 3.8) is 0 Å². The van der Waals surface area contributed by atoms with Crippen LogP contribution in [0.4, 0.5) is 5.82 Å². The average molecular weight is 186 g/mol. The second kappa shape index (κ2) is 3.93. The summed E-state index contributed by atoms with van der Waals surface area (Å²) >= 11 is 0. The topological polar surface area (TPSA) is 42.0 Å². The second-order valence-electron chi connectivity index (χ2n) is 3.08. The van der Waals surface area contributed by atoms with Crippen LogP contribution in [-0.4, -0.2) is 17.8 Å². The van der Waals surface area contributed by atoms with Gasteiger partial charge in [0.25, 0.3) is 0 Å². The van der Waals surface area contributed by atoms with Crippen molar-refractivity contribution in [1.29, 1.82) is 0 Å². The first kappa shape index (κ1) is 8.76. The summed E-state index contributed by atoms with van der Waals surface area (Å²) < 4.78 is 0. The van der Waals surface area contributed by atoms with E-state index in [4.69, 9.17) is 0 Å². The molecular weight excluding hydrogens is 176 g/mol. The Labute approximate surface area is 82.5 Å². The van der Waals surface area contributed by atoms with Crippen molar-refractivity contribution >= 4 is 12.1 Å². The maximum Gasteiger partial charge on any atom is 0.131 e. The molecule has 0 amide bonds. The van der Waals surface area contributed by atoms with E-state index < -0.39 is 0 Å². The minimum absolute atomic E-state index is 0.287. The SMILES string of the molecule is O=CCC#Cc1cnc2c(c1)CCN2. The lowest BCUT2D eigenvalue weighted by Crippen LogP contribution is -1.92. The molecule has 1 aliphatic heterocycles. The summed E-state index contributed by atoms with van der Waals surface area (Å²) in [6.45, 7) is 0.952. The minimum atomic E-state index is 0.287. The number of pyridine rings is 1. The number of hydrogen-bond donors (Lipinski definition) is 1. The van der Waals surface area contributed by atoms with Crippen LogP contribution < -0.4 is 5.32 Å². The van der Waals surface area contributed by atoms with E-state index in [1.54, 1.807) is 6.20 Å². The summed E-state index contributed by atoms with van der Waals surface area (Å²) in [6.07, 6.45) is 3.82. The summed E-state index contributed by atoms with van der Waals surface area (Å²) in [5.41, 5.74) is 2.09. The number of nitrogens with one attached hydrogen (secondary N) is 1. The molecule has 0 aromatic carbocycles. The Hall–Kier alpha value is -1.82. The first-order valence-electron chi connectivity index (χ1n) is 4.55. The van der Waals surface area contributed by atoms with Crippen LogP contribution in [0, 0.1) is 11.8 Å². The zero-order chi connectivity index (χ0) is 9.80. The number of nitrogens with zero attached hydrogens (tertiary/aromatic N) is 1. The molecule has 2 rings (SSSR count). The van der Waals surface area contributed by atoms with E-state index >= 15 is 0 Å². The third kappa shape index (κ3) is 1.74. The van der Waals surface area contributed by atoms with Crippen molar-refractivity contribution in [2.75, 3.05) is 11.9 Å². The molecule has 0 saturated carbocycles. The summed E-state index contributed by atoms with van der Waals surface area (Å²) in [4.78, 5) is 14.3. The van der Waals surface area contributed by atoms with Crippen molar-refractivity contribution in [3.05, 3.63) is 23.4 Å². The fourth-order valence-corrected chi connectivity index (χ4v) is 1.44. The Morgan fingerprint density at radius 1 is 1.64 bits per heavy atom. The summed E-state index contributed by atoms with van der Waals surface area (Å²) in [5, 5.41) is 3.18. The Morgan fingerprint density at radius 2 is 2.57 bits per heavy atom. The van der Waals surface area contributed by atoms with Crippen LogP contribution in [0.5, 0.6) is 0 Å². The van der Waals surface area contributed by atoms with Gasteiger partial charge in [-0.15, -0.1) is 0 Å². The van der Waals surface area contributed by atoms with Crippen LogP contribution in [0.15, 0.2) is 12.3 Å². The molecule has 0 fully saturated rings. The lowest BCUT2D eigenvalue weighted by atomic mass is 10.2. The quantitative estimate of drug-likeness (QED) is 0.525. The van der Waals surface area contributed by atoms with Crippen LogP contribution in [0.2, 0.25) is 0 Å². The Morgan fingerprint density at radius 3 is 3.43 bits per heavy atom. The highest BCUT2D eigenvalue weighted by Crippen LogP contribution is 2.19. The fraction of sp³-hybridized carbons (Fsp3) is 0.273. The molecule has 1 N–H and O–H groups in total. The average Bonchev–Trinajstić information content (AvgIpc) is 2.65. The zero-order valence-corrected chi connectivity index (χ0v) is 7.71. The number of carbonyl (C=O) groups excluding carboxylic acids is 1. The van der Waals surface area contributed by atoms with E-state index in [-0.39, 0.29) is 6.42 Å². The van der Waals surface area contributed by atoms with Gasteiger partial charge in [-0.05, 0) is 18.1 Å². The van der Waals surface area contributed by atoms with Gasteiger partial charge in [0.2, 0.25) is 0 Å². The van der Waals surface area contributed by atoms with Crippen LogP contribution in [-0.2, 0) is 11.2 Å². The van der Waals surface area contributed by atoms with E-state index in [2.05, 4.69) is 22.1 Å². The molecular formula is C11H10N2O. The van der Waals surface area contributed by atoms with Crippen LogP contribution in [0.1, 0.15) is 17.5 Å². The molecule has 0 saturated heterocycles. The van der Waals surface area contributed by atoms with Gasteiger partial charge in [-0.2, -0.15) is 0 Å². The van der Waals surface area contributed by atoms with Crippen LogP contribution in [0.3, 0.4) is 0 Å². The molecule has 0 unspecified atom stereocenters. The second-order valence-corrected chi connectivity index (χ2v) is 3.08. The molecule has 1 aromatic rings. The van der Waals surface area contributed by atoms with Gasteiger partial charge in [-0.3, -0.25) is 0 Å². The molecule has 1 aromatic heterocycles. The highest BCUT2D eigenvalue weighted by Gasteiger charge is 2.10. The molecule has 0 spiro atoms. The largest absolute Gasteiger partial charge is 0.370 e. The third-order valence-corrected chi connectivity index (χ3v) is 2.07. The summed E-state index contributed by atoms with van der Waals surface area (Å²) in [6, 6.07) is 2.03. The normalized spacial score (nSPS) is 12.3. The Balaban J connectivity index is 2.21. The Kier molecular flexibility index (Phi) is 2.46. The number of aldehydes is 1. The van der Waals surface area contributed by atoms with Crippen molar-refractivity contribution in [3.8, 4) is 11.8 Å². The smallest absolute Gasteiger partial charge is 0.131 e. The molecule has 14 heavy (non-hydrogen) atoms. The molecule has 2 heterocycles. The molecule has 0 aliphatic carbocycles. The first-order chi connectivity index (χ1) is 6.90. The maximum atomic E-state index is 10.1. The number of rotatable bonds is 1. The van der Waals surface area contributed by atoms with Crippen molar-refractivity contribution in [1.82, 2.24) is 4.98 Å². The van der Waals surface area contributed by atoms with Gasteiger partial charge in [-0.1, -0.05) is 11.8 Å². The summed E-state index contributed by atoms with van der Waals surface area (Å²) in [7, 11) is 0. The minimum Gasteiger partial charge on any atom is -0.370 e. The molecule has 0 atom stereocenters. The fourth-order valence-electron chi connectivity index (χ4n) is 1.44. The summed E-state index contributed by atoms with van der Waals surface area (Å²) in [5.74, 6) is 6.63. The predicted molar refractivity (Wildman–Crippen MR) is 54.0 cm³/mol. The van der Waals surface area contributed by atoms with Gasteiger partial charge < -0.3 is 10.1 Å². The van der Waals surface area contributed by atoms with Gasteiger partial charge in [-0.25, -0.2) is 4.98 Å². The number of fused-ring (bicyclic) bond motifs is 1.